The molecule has 4 bridgehead atoms. The highest BCUT2D eigenvalue weighted by molar-refractivity contribution is 5.05. The van der Waals surface area contributed by atoms with Crippen molar-refractivity contribution in [2.45, 2.75) is 70.9 Å². The smallest absolute Gasteiger partial charge is 0.0476 e. The van der Waals surface area contributed by atoms with Gasteiger partial charge in [0.25, 0.3) is 0 Å². The molecule has 0 aromatic heterocycles. The Labute approximate surface area is 118 Å². The van der Waals surface area contributed by atoms with Crippen molar-refractivity contribution in [2.24, 2.45) is 23.2 Å². The summed E-state index contributed by atoms with van der Waals surface area (Å²) in [7, 11) is 1.80. The molecule has 0 heterocycles. The van der Waals surface area contributed by atoms with E-state index in [9.17, 15) is 0 Å². The van der Waals surface area contributed by atoms with Crippen molar-refractivity contribution in [2.75, 3.05) is 13.7 Å². The van der Waals surface area contributed by atoms with Crippen LogP contribution in [0.3, 0.4) is 0 Å². The van der Waals surface area contributed by atoms with E-state index in [1.165, 1.54) is 19.3 Å². The van der Waals surface area contributed by atoms with E-state index in [0.29, 0.717) is 17.5 Å². The molecular weight excluding hydrogens is 234 g/mol. The van der Waals surface area contributed by atoms with Crippen molar-refractivity contribution in [3.8, 4) is 0 Å². The Morgan fingerprint density at radius 1 is 1.05 bits per heavy atom. The summed E-state index contributed by atoms with van der Waals surface area (Å²) in [6, 6.07) is 1.27. The van der Waals surface area contributed by atoms with Crippen molar-refractivity contribution >= 4 is 0 Å². The van der Waals surface area contributed by atoms with Gasteiger partial charge < -0.3 is 10.1 Å². The normalized spacial score (nSPS) is 43.4. The summed E-state index contributed by atoms with van der Waals surface area (Å²) in [6.07, 6.45) is 10.3. The molecule has 0 amide bonds. The Morgan fingerprint density at radius 3 is 2.05 bits per heavy atom. The van der Waals surface area contributed by atoms with Crippen molar-refractivity contribution in [1.82, 2.24) is 5.32 Å². The maximum Gasteiger partial charge on any atom is 0.0476 e. The largest absolute Gasteiger partial charge is 0.385 e. The lowest BCUT2D eigenvalue weighted by molar-refractivity contribution is -0.0722. The van der Waals surface area contributed by atoms with Crippen molar-refractivity contribution in [3.63, 3.8) is 0 Å². The minimum Gasteiger partial charge on any atom is -0.385 e. The molecule has 1 N–H and O–H groups in total. The first kappa shape index (κ1) is 13.9. The zero-order valence-corrected chi connectivity index (χ0v) is 13.0. The predicted molar refractivity (Wildman–Crippen MR) is 79.2 cm³/mol. The van der Waals surface area contributed by atoms with Gasteiger partial charge in [0.2, 0.25) is 0 Å². The summed E-state index contributed by atoms with van der Waals surface area (Å²) in [4.78, 5) is 0. The lowest BCUT2D eigenvalue weighted by atomic mass is 9.48. The van der Waals surface area contributed by atoms with E-state index in [2.05, 4.69) is 19.2 Å². The molecule has 0 radical (unpaired) electrons. The van der Waals surface area contributed by atoms with Gasteiger partial charge in [0, 0.05) is 25.8 Å². The Kier molecular flexibility index (Phi) is 3.92. The van der Waals surface area contributed by atoms with Crippen LogP contribution in [-0.4, -0.2) is 25.8 Å². The molecule has 4 fully saturated rings. The summed E-state index contributed by atoms with van der Waals surface area (Å²) < 4.78 is 5.20. The number of methoxy groups -OCH3 is 1. The van der Waals surface area contributed by atoms with Gasteiger partial charge in [-0.1, -0.05) is 0 Å². The first-order chi connectivity index (χ1) is 9.11. The van der Waals surface area contributed by atoms with E-state index in [0.717, 1.165) is 30.8 Å². The molecule has 4 saturated carbocycles. The highest BCUT2D eigenvalue weighted by atomic mass is 16.5. The number of hydrogen-bond donors (Lipinski definition) is 1. The predicted octanol–water partition coefficient (Wildman–Crippen LogP) is 3.61. The Morgan fingerprint density at radius 2 is 1.58 bits per heavy atom. The average Bonchev–Trinajstić information content (AvgIpc) is 2.34. The quantitative estimate of drug-likeness (QED) is 0.792. The van der Waals surface area contributed by atoms with Gasteiger partial charge in [0.05, 0.1) is 0 Å². The maximum atomic E-state index is 5.20. The Hall–Kier alpha value is -0.0800. The van der Waals surface area contributed by atoms with E-state index in [1.807, 2.05) is 0 Å². The van der Waals surface area contributed by atoms with Crippen LogP contribution in [0, 0.1) is 23.2 Å². The van der Waals surface area contributed by atoms with Crippen LogP contribution in [-0.2, 0) is 4.74 Å². The Bertz CT molecular complexity index is 279. The van der Waals surface area contributed by atoms with Gasteiger partial charge >= 0.3 is 0 Å². The van der Waals surface area contributed by atoms with E-state index in [1.54, 1.807) is 26.4 Å². The molecule has 2 unspecified atom stereocenters. The fraction of sp³-hybridized carbons (Fsp3) is 1.00. The third kappa shape index (κ3) is 2.71. The third-order valence-corrected chi connectivity index (χ3v) is 6.29. The highest BCUT2D eigenvalue weighted by Crippen LogP contribution is 2.61. The second-order valence-corrected chi connectivity index (χ2v) is 7.85. The van der Waals surface area contributed by atoms with Crippen LogP contribution >= 0.6 is 0 Å². The van der Waals surface area contributed by atoms with Crippen LogP contribution in [0.15, 0.2) is 0 Å². The highest BCUT2D eigenvalue weighted by Gasteiger charge is 2.53. The van der Waals surface area contributed by atoms with Gasteiger partial charge in [-0.05, 0) is 82.0 Å². The van der Waals surface area contributed by atoms with Crippen LogP contribution < -0.4 is 5.32 Å². The van der Waals surface area contributed by atoms with Crippen LogP contribution in [0.4, 0.5) is 0 Å². The first-order valence-corrected chi connectivity index (χ1v) is 8.36. The van der Waals surface area contributed by atoms with Gasteiger partial charge in [-0.25, -0.2) is 0 Å². The minimum atomic E-state index is 0.586. The third-order valence-electron chi connectivity index (χ3n) is 6.29. The van der Waals surface area contributed by atoms with E-state index in [-0.39, 0.29) is 0 Å². The summed E-state index contributed by atoms with van der Waals surface area (Å²) in [6.45, 7) is 5.65. The molecule has 2 nitrogen and oxygen atoms in total. The van der Waals surface area contributed by atoms with Gasteiger partial charge in [-0.15, -0.1) is 0 Å². The Balaban J connectivity index is 1.61. The molecule has 0 aliphatic heterocycles. The topological polar surface area (TPSA) is 21.3 Å². The van der Waals surface area contributed by atoms with Gasteiger partial charge in [0.15, 0.2) is 0 Å². The molecule has 0 aromatic rings. The molecule has 0 aromatic carbocycles. The molecule has 4 aliphatic rings. The zero-order valence-electron chi connectivity index (χ0n) is 13.0. The molecule has 4 aliphatic carbocycles. The molecule has 4 rings (SSSR count). The fourth-order valence-corrected chi connectivity index (χ4v) is 5.69. The average molecular weight is 265 g/mol. The van der Waals surface area contributed by atoms with Crippen LogP contribution in [0.25, 0.3) is 0 Å². The molecule has 110 valence electrons. The molecular formula is C17H31NO. The lowest BCUT2D eigenvalue weighted by Crippen LogP contribution is -2.56. The van der Waals surface area contributed by atoms with E-state index >= 15 is 0 Å². The summed E-state index contributed by atoms with van der Waals surface area (Å²) >= 11 is 0. The monoisotopic (exact) mass is 265 g/mol. The minimum absolute atomic E-state index is 0.586. The summed E-state index contributed by atoms with van der Waals surface area (Å²) in [5, 5.41) is 3.89. The van der Waals surface area contributed by atoms with Gasteiger partial charge in [-0.2, -0.15) is 0 Å². The number of ether oxygens (including phenoxy) is 1. The standard InChI is InChI=1S/C17H31NO/c1-12(4-5-19-3)18-13(2)17-9-14-6-15(10-17)8-16(7-14)11-17/h12-16,18H,4-11H2,1-3H3. The summed E-state index contributed by atoms with van der Waals surface area (Å²) in [5.41, 5.74) is 0.635. The molecule has 2 atom stereocenters. The van der Waals surface area contributed by atoms with Crippen molar-refractivity contribution in [1.29, 1.82) is 0 Å². The first-order valence-electron chi connectivity index (χ1n) is 8.36. The van der Waals surface area contributed by atoms with Crippen LogP contribution in [0.5, 0.6) is 0 Å². The van der Waals surface area contributed by atoms with Gasteiger partial charge in [0.1, 0.15) is 0 Å². The van der Waals surface area contributed by atoms with E-state index in [4.69, 9.17) is 4.74 Å². The van der Waals surface area contributed by atoms with Crippen LogP contribution in [0.1, 0.15) is 58.8 Å². The molecule has 0 spiro atoms. The number of nitrogens with one attached hydrogen (secondary N) is 1. The van der Waals surface area contributed by atoms with Crippen molar-refractivity contribution in [3.05, 3.63) is 0 Å². The maximum absolute atomic E-state index is 5.20. The molecule has 2 heteroatoms. The molecule has 19 heavy (non-hydrogen) atoms. The fourth-order valence-electron chi connectivity index (χ4n) is 5.69. The van der Waals surface area contributed by atoms with Gasteiger partial charge in [-0.3, -0.25) is 0 Å². The summed E-state index contributed by atoms with van der Waals surface area (Å²) in [5.74, 6) is 3.18. The lowest BCUT2D eigenvalue weighted by Gasteiger charge is -2.59. The number of rotatable bonds is 6. The van der Waals surface area contributed by atoms with E-state index < -0.39 is 0 Å². The number of hydrogen-bond acceptors (Lipinski definition) is 2. The molecule has 0 saturated heterocycles. The second kappa shape index (κ2) is 5.37. The SMILES string of the molecule is COCCC(C)NC(C)C12CC3CC(CC(C3)C1)C2. The van der Waals surface area contributed by atoms with Crippen molar-refractivity contribution < 1.29 is 4.74 Å². The zero-order chi connectivity index (χ0) is 13.5. The van der Waals surface area contributed by atoms with Crippen LogP contribution in [0.2, 0.25) is 0 Å². The second-order valence-electron chi connectivity index (χ2n) is 7.85.